The third-order valence-electron chi connectivity index (χ3n) is 4.78. The monoisotopic (exact) mass is 238 g/mol. The molecule has 2 heteroatoms. The highest BCUT2D eigenvalue weighted by atomic mass is 15.2. The zero-order valence-electron chi connectivity index (χ0n) is 11.8. The van der Waals surface area contributed by atoms with Gasteiger partial charge in [-0.1, -0.05) is 20.3 Å². The van der Waals surface area contributed by atoms with Gasteiger partial charge in [0.05, 0.1) is 0 Å². The van der Waals surface area contributed by atoms with Crippen LogP contribution in [0.25, 0.3) is 0 Å². The second kappa shape index (κ2) is 6.75. The first-order valence-corrected chi connectivity index (χ1v) is 7.81. The first-order valence-electron chi connectivity index (χ1n) is 7.81. The molecule has 2 rings (SSSR count). The summed E-state index contributed by atoms with van der Waals surface area (Å²) in [6, 6.07) is 1.72. The van der Waals surface area contributed by atoms with Crippen molar-refractivity contribution < 1.29 is 0 Å². The summed E-state index contributed by atoms with van der Waals surface area (Å²) in [6.45, 7) is 8.47. The van der Waals surface area contributed by atoms with E-state index in [0.717, 1.165) is 18.0 Å². The van der Waals surface area contributed by atoms with E-state index in [1.165, 1.54) is 64.6 Å². The topological polar surface area (TPSA) is 15.3 Å². The van der Waals surface area contributed by atoms with Gasteiger partial charge in [0.2, 0.25) is 0 Å². The van der Waals surface area contributed by atoms with E-state index in [1.54, 1.807) is 0 Å². The molecule has 0 aromatic carbocycles. The molecule has 17 heavy (non-hydrogen) atoms. The van der Waals surface area contributed by atoms with Gasteiger partial charge in [0.25, 0.3) is 0 Å². The second-order valence-electron chi connectivity index (χ2n) is 5.98. The minimum Gasteiger partial charge on any atom is -0.315 e. The molecule has 1 saturated heterocycles. The highest BCUT2D eigenvalue weighted by Gasteiger charge is 2.32. The van der Waals surface area contributed by atoms with Crippen molar-refractivity contribution in [3.63, 3.8) is 0 Å². The van der Waals surface area contributed by atoms with Gasteiger partial charge in [-0.15, -0.1) is 0 Å². The molecule has 0 bridgehead atoms. The SMILES string of the molecule is CCCN(C1CCCNC1)C1CCC(CC)C1. The van der Waals surface area contributed by atoms with E-state index < -0.39 is 0 Å². The molecule has 0 aromatic rings. The number of hydrogen-bond acceptors (Lipinski definition) is 2. The van der Waals surface area contributed by atoms with Gasteiger partial charge in [0.1, 0.15) is 0 Å². The molecule has 1 N–H and O–H groups in total. The lowest BCUT2D eigenvalue weighted by atomic mass is 10.0. The van der Waals surface area contributed by atoms with Crippen LogP contribution in [0.5, 0.6) is 0 Å². The molecule has 2 fully saturated rings. The predicted molar refractivity (Wildman–Crippen MR) is 74.3 cm³/mol. The largest absolute Gasteiger partial charge is 0.315 e. The Bertz CT molecular complexity index is 211. The summed E-state index contributed by atoms with van der Waals surface area (Å²) in [5.41, 5.74) is 0. The molecule has 3 unspecified atom stereocenters. The van der Waals surface area contributed by atoms with Gasteiger partial charge < -0.3 is 5.32 Å². The summed E-state index contributed by atoms with van der Waals surface area (Å²) in [6.07, 6.45) is 9.88. The van der Waals surface area contributed by atoms with Crippen molar-refractivity contribution in [2.45, 2.75) is 70.9 Å². The van der Waals surface area contributed by atoms with Crippen LogP contribution in [0.2, 0.25) is 0 Å². The average molecular weight is 238 g/mol. The normalized spacial score (nSPS) is 34.4. The van der Waals surface area contributed by atoms with Crippen LogP contribution in [0.15, 0.2) is 0 Å². The Balaban J connectivity index is 1.91. The molecule has 100 valence electrons. The standard InChI is InChI=1S/C15H30N2/c1-3-10-17(15-6-5-9-16-12-15)14-8-7-13(4-2)11-14/h13-16H,3-12H2,1-2H3. The lowest BCUT2D eigenvalue weighted by molar-refractivity contribution is 0.111. The summed E-state index contributed by atoms with van der Waals surface area (Å²) in [4.78, 5) is 2.85. The maximum absolute atomic E-state index is 3.58. The molecule has 1 saturated carbocycles. The Hall–Kier alpha value is -0.0800. The first-order chi connectivity index (χ1) is 8.35. The summed E-state index contributed by atoms with van der Waals surface area (Å²) in [5.74, 6) is 1.01. The van der Waals surface area contributed by atoms with E-state index >= 15 is 0 Å². The Morgan fingerprint density at radius 3 is 2.59 bits per heavy atom. The molecule has 3 atom stereocenters. The average Bonchev–Trinajstić information content (AvgIpc) is 2.85. The highest BCUT2D eigenvalue weighted by molar-refractivity contribution is 4.88. The molecule has 1 aliphatic carbocycles. The zero-order valence-corrected chi connectivity index (χ0v) is 11.8. The molecule has 0 radical (unpaired) electrons. The van der Waals surface area contributed by atoms with Gasteiger partial charge in [-0.3, -0.25) is 4.90 Å². The Kier molecular flexibility index (Phi) is 5.30. The molecule has 0 spiro atoms. The zero-order chi connectivity index (χ0) is 12.1. The van der Waals surface area contributed by atoms with Crippen LogP contribution in [0, 0.1) is 5.92 Å². The minimum absolute atomic E-state index is 0.823. The molecular formula is C15H30N2. The van der Waals surface area contributed by atoms with Crippen LogP contribution < -0.4 is 5.32 Å². The Morgan fingerprint density at radius 1 is 1.12 bits per heavy atom. The Morgan fingerprint density at radius 2 is 2.00 bits per heavy atom. The van der Waals surface area contributed by atoms with Crippen molar-refractivity contribution in [2.24, 2.45) is 5.92 Å². The first kappa shape index (κ1) is 13.4. The van der Waals surface area contributed by atoms with Crippen LogP contribution in [-0.2, 0) is 0 Å². The van der Waals surface area contributed by atoms with Crippen molar-refractivity contribution in [3.05, 3.63) is 0 Å². The molecule has 1 heterocycles. The van der Waals surface area contributed by atoms with Crippen molar-refractivity contribution in [1.29, 1.82) is 0 Å². The molecule has 1 aliphatic heterocycles. The maximum atomic E-state index is 3.58. The number of nitrogens with zero attached hydrogens (tertiary/aromatic N) is 1. The van der Waals surface area contributed by atoms with Gasteiger partial charge in [0, 0.05) is 18.6 Å². The van der Waals surface area contributed by atoms with Crippen LogP contribution in [0.3, 0.4) is 0 Å². The highest BCUT2D eigenvalue weighted by Crippen LogP contribution is 2.33. The lowest BCUT2D eigenvalue weighted by Crippen LogP contribution is -2.50. The second-order valence-corrected chi connectivity index (χ2v) is 5.98. The van der Waals surface area contributed by atoms with E-state index in [2.05, 4.69) is 24.1 Å². The van der Waals surface area contributed by atoms with Crippen molar-refractivity contribution in [1.82, 2.24) is 10.2 Å². The van der Waals surface area contributed by atoms with Crippen LogP contribution in [0.1, 0.15) is 58.8 Å². The number of rotatable bonds is 5. The number of hydrogen-bond donors (Lipinski definition) is 1. The fraction of sp³-hybridized carbons (Fsp3) is 1.00. The molecule has 0 aromatic heterocycles. The van der Waals surface area contributed by atoms with Gasteiger partial charge in [0.15, 0.2) is 0 Å². The van der Waals surface area contributed by atoms with Crippen molar-refractivity contribution in [2.75, 3.05) is 19.6 Å². The fourth-order valence-corrected chi connectivity index (χ4v) is 3.76. The van der Waals surface area contributed by atoms with Gasteiger partial charge in [-0.25, -0.2) is 0 Å². The van der Waals surface area contributed by atoms with E-state index in [1.807, 2.05) is 0 Å². The van der Waals surface area contributed by atoms with E-state index in [-0.39, 0.29) is 0 Å². The molecule has 0 amide bonds. The van der Waals surface area contributed by atoms with E-state index in [4.69, 9.17) is 0 Å². The van der Waals surface area contributed by atoms with Gasteiger partial charge >= 0.3 is 0 Å². The van der Waals surface area contributed by atoms with Gasteiger partial charge in [-0.2, -0.15) is 0 Å². The van der Waals surface area contributed by atoms with Crippen molar-refractivity contribution in [3.8, 4) is 0 Å². The third kappa shape index (κ3) is 3.45. The summed E-state index contributed by atoms with van der Waals surface area (Å²) >= 11 is 0. The minimum atomic E-state index is 0.823. The van der Waals surface area contributed by atoms with Gasteiger partial charge in [-0.05, 0) is 57.5 Å². The number of piperidine rings is 1. The molecule has 2 aliphatic rings. The molecular weight excluding hydrogens is 208 g/mol. The van der Waals surface area contributed by atoms with E-state index in [9.17, 15) is 0 Å². The Labute approximate surface area is 107 Å². The lowest BCUT2D eigenvalue weighted by Gasteiger charge is -2.39. The summed E-state index contributed by atoms with van der Waals surface area (Å²) in [5, 5.41) is 3.58. The van der Waals surface area contributed by atoms with Crippen LogP contribution in [0.4, 0.5) is 0 Å². The van der Waals surface area contributed by atoms with E-state index in [0.29, 0.717) is 0 Å². The summed E-state index contributed by atoms with van der Waals surface area (Å²) < 4.78 is 0. The predicted octanol–water partition coefficient (Wildman–Crippen LogP) is 3.03. The smallest absolute Gasteiger partial charge is 0.0224 e. The fourth-order valence-electron chi connectivity index (χ4n) is 3.76. The summed E-state index contributed by atoms with van der Waals surface area (Å²) in [7, 11) is 0. The molecule has 2 nitrogen and oxygen atoms in total. The maximum Gasteiger partial charge on any atom is 0.0224 e. The van der Waals surface area contributed by atoms with Crippen molar-refractivity contribution >= 4 is 0 Å². The van der Waals surface area contributed by atoms with Crippen LogP contribution in [-0.4, -0.2) is 36.6 Å². The number of nitrogens with one attached hydrogen (secondary N) is 1. The quantitative estimate of drug-likeness (QED) is 0.792. The third-order valence-corrected chi connectivity index (χ3v) is 4.78. The van der Waals surface area contributed by atoms with Crippen LogP contribution >= 0.6 is 0 Å².